The Labute approximate surface area is 79.3 Å². The van der Waals surface area contributed by atoms with Crippen LogP contribution >= 0.6 is 0 Å². The van der Waals surface area contributed by atoms with Crippen LogP contribution in [-0.4, -0.2) is 29.3 Å². The molecule has 0 atom stereocenters. The lowest BCUT2D eigenvalue weighted by Gasteiger charge is -2.38. The van der Waals surface area contributed by atoms with Crippen LogP contribution in [0.4, 0.5) is 13.2 Å². The molecule has 0 unspecified atom stereocenters. The molecule has 14 heavy (non-hydrogen) atoms. The van der Waals surface area contributed by atoms with Gasteiger partial charge in [0.1, 0.15) is 5.54 Å². The number of hydrogen-bond acceptors (Lipinski definition) is 2. The van der Waals surface area contributed by atoms with Crippen molar-refractivity contribution in [2.75, 3.05) is 6.54 Å². The second-order valence-electron chi connectivity index (χ2n) is 3.53. The summed E-state index contributed by atoms with van der Waals surface area (Å²) in [5.74, 6) is -1.05. The van der Waals surface area contributed by atoms with Crippen LogP contribution in [-0.2, 0) is 4.79 Å². The number of rotatable bonds is 4. The van der Waals surface area contributed by atoms with E-state index < -0.39 is 24.1 Å². The maximum atomic E-state index is 11.8. The lowest BCUT2D eigenvalue weighted by atomic mass is 9.77. The summed E-state index contributed by atoms with van der Waals surface area (Å²) in [6, 6.07) is 0. The Morgan fingerprint density at radius 1 is 1.43 bits per heavy atom. The highest BCUT2D eigenvalue weighted by Gasteiger charge is 2.44. The van der Waals surface area contributed by atoms with E-state index in [2.05, 4.69) is 5.32 Å². The fraction of sp³-hybridized carbons (Fsp3) is 0.875. The zero-order valence-corrected chi connectivity index (χ0v) is 7.52. The van der Waals surface area contributed by atoms with Crippen molar-refractivity contribution in [1.29, 1.82) is 0 Å². The van der Waals surface area contributed by atoms with Crippen LogP contribution in [0.3, 0.4) is 0 Å². The van der Waals surface area contributed by atoms with E-state index in [0.29, 0.717) is 12.8 Å². The molecule has 1 saturated carbocycles. The molecule has 0 saturated heterocycles. The van der Waals surface area contributed by atoms with Gasteiger partial charge in [-0.25, -0.2) is 0 Å². The molecule has 0 aliphatic heterocycles. The number of halogens is 3. The number of aliphatic carboxylic acids is 1. The molecule has 0 aromatic rings. The van der Waals surface area contributed by atoms with Gasteiger partial charge in [0, 0.05) is 6.54 Å². The minimum atomic E-state index is -4.23. The second-order valence-corrected chi connectivity index (χ2v) is 3.53. The Kier molecular flexibility index (Phi) is 3.04. The number of carbonyl (C=O) groups is 1. The van der Waals surface area contributed by atoms with Gasteiger partial charge in [-0.3, -0.25) is 4.79 Å². The topological polar surface area (TPSA) is 49.3 Å². The quantitative estimate of drug-likeness (QED) is 0.741. The summed E-state index contributed by atoms with van der Waals surface area (Å²) < 4.78 is 35.3. The van der Waals surface area contributed by atoms with Gasteiger partial charge in [0.25, 0.3) is 0 Å². The van der Waals surface area contributed by atoms with E-state index in [1.54, 1.807) is 0 Å². The highest BCUT2D eigenvalue weighted by molar-refractivity contribution is 5.79. The van der Waals surface area contributed by atoms with Crippen LogP contribution < -0.4 is 5.32 Å². The van der Waals surface area contributed by atoms with Crippen molar-refractivity contribution in [3.05, 3.63) is 0 Å². The second kappa shape index (κ2) is 3.76. The summed E-state index contributed by atoms with van der Waals surface area (Å²) in [6.45, 7) is -0.324. The number of hydrogen-bond donors (Lipinski definition) is 2. The minimum absolute atomic E-state index is 0.324. The van der Waals surface area contributed by atoms with E-state index in [1.807, 2.05) is 0 Å². The molecule has 82 valence electrons. The molecule has 1 fully saturated rings. The van der Waals surface area contributed by atoms with Crippen molar-refractivity contribution >= 4 is 5.97 Å². The van der Waals surface area contributed by atoms with Crippen LogP contribution in [0.2, 0.25) is 0 Å². The third kappa shape index (κ3) is 2.60. The SMILES string of the molecule is O=C(O)C1(NCCC(F)(F)F)CCC1. The van der Waals surface area contributed by atoms with Gasteiger partial charge in [-0.2, -0.15) is 13.2 Å². The number of nitrogens with one attached hydrogen (secondary N) is 1. The summed E-state index contributed by atoms with van der Waals surface area (Å²) in [4.78, 5) is 10.7. The summed E-state index contributed by atoms with van der Waals surface area (Å²) in [5, 5.41) is 11.2. The van der Waals surface area contributed by atoms with Crippen molar-refractivity contribution in [3.8, 4) is 0 Å². The average molecular weight is 211 g/mol. The van der Waals surface area contributed by atoms with Crippen LogP contribution in [0.15, 0.2) is 0 Å². The summed E-state index contributed by atoms with van der Waals surface area (Å²) >= 11 is 0. The third-order valence-corrected chi connectivity index (χ3v) is 2.49. The largest absolute Gasteiger partial charge is 0.480 e. The molecule has 0 bridgehead atoms. The van der Waals surface area contributed by atoms with Gasteiger partial charge in [0.2, 0.25) is 0 Å². The first kappa shape index (κ1) is 11.3. The van der Waals surface area contributed by atoms with E-state index >= 15 is 0 Å². The van der Waals surface area contributed by atoms with Crippen LogP contribution in [0.1, 0.15) is 25.7 Å². The van der Waals surface area contributed by atoms with E-state index in [1.165, 1.54) is 0 Å². The molecule has 0 radical (unpaired) electrons. The first-order chi connectivity index (χ1) is 6.36. The Balaban J connectivity index is 2.33. The van der Waals surface area contributed by atoms with Crippen LogP contribution in [0.25, 0.3) is 0 Å². The maximum absolute atomic E-state index is 11.8. The molecule has 0 aromatic carbocycles. The smallest absolute Gasteiger partial charge is 0.390 e. The molecule has 1 aliphatic carbocycles. The molecule has 0 spiro atoms. The first-order valence-electron chi connectivity index (χ1n) is 4.41. The van der Waals surface area contributed by atoms with Gasteiger partial charge in [0.05, 0.1) is 6.42 Å². The van der Waals surface area contributed by atoms with E-state index in [-0.39, 0.29) is 6.54 Å². The molecule has 1 rings (SSSR count). The summed E-state index contributed by atoms with van der Waals surface area (Å²) in [7, 11) is 0. The molecule has 2 N–H and O–H groups in total. The Morgan fingerprint density at radius 2 is 2.00 bits per heavy atom. The molecule has 1 aliphatic rings. The predicted octanol–water partition coefficient (Wildman–Crippen LogP) is 1.54. The van der Waals surface area contributed by atoms with E-state index in [0.717, 1.165) is 6.42 Å². The number of alkyl halides is 3. The molecular weight excluding hydrogens is 199 g/mol. The highest BCUT2D eigenvalue weighted by atomic mass is 19.4. The van der Waals surface area contributed by atoms with Gasteiger partial charge in [-0.15, -0.1) is 0 Å². The standard InChI is InChI=1S/C8H12F3NO2/c9-8(10,11)4-5-12-7(6(13)14)2-1-3-7/h12H,1-5H2,(H,13,14). The van der Waals surface area contributed by atoms with Crippen molar-refractivity contribution < 1.29 is 23.1 Å². The molecule has 3 nitrogen and oxygen atoms in total. The summed E-state index contributed by atoms with van der Waals surface area (Å²) in [6.07, 6.45) is -3.62. The van der Waals surface area contributed by atoms with Crippen molar-refractivity contribution in [1.82, 2.24) is 5.32 Å². The van der Waals surface area contributed by atoms with Gasteiger partial charge in [-0.05, 0) is 19.3 Å². The van der Waals surface area contributed by atoms with Crippen molar-refractivity contribution in [3.63, 3.8) is 0 Å². The highest BCUT2D eigenvalue weighted by Crippen LogP contribution is 2.32. The Hall–Kier alpha value is -0.780. The van der Waals surface area contributed by atoms with Gasteiger partial charge in [0.15, 0.2) is 0 Å². The van der Waals surface area contributed by atoms with E-state index in [9.17, 15) is 18.0 Å². The van der Waals surface area contributed by atoms with Gasteiger partial charge in [-0.1, -0.05) is 0 Å². The molecular formula is C8H12F3NO2. The lowest BCUT2D eigenvalue weighted by molar-refractivity contribution is -0.151. The zero-order chi connectivity index (χ0) is 10.8. The molecule has 0 amide bonds. The van der Waals surface area contributed by atoms with E-state index in [4.69, 9.17) is 5.11 Å². The number of carboxylic acids is 1. The molecule has 0 heterocycles. The number of carboxylic acid groups (broad SMARTS) is 1. The van der Waals surface area contributed by atoms with Crippen LogP contribution in [0.5, 0.6) is 0 Å². The fourth-order valence-corrected chi connectivity index (χ4v) is 1.44. The van der Waals surface area contributed by atoms with Crippen molar-refractivity contribution in [2.24, 2.45) is 0 Å². The van der Waals surface area contributed by atoms with Crippen molar-refractivity contribution in [2.45, 2.75) is 37.4 Å². The zero-order valence-electron chi connectivity index (χ0n) is 7.52. The minimum Gasteiger partial charge on any atom is -0.480 e. The maximum Gasteiger partial charge on any atom is 0.390 e. The average Bonchev–Trinajstić information content (AvgIpc) is 1.91. The normalized spacial score (nSPS) is 20.2. The lowest BCUT2D eigenvalue weighted by Crippen LogP contribution is -2.57. The monoisotopic (exact) mass is 211 g/mol. The van der Waals surface area contributed by atoms with Crippen LogP contribution in [0, 0.1) is 0 Å². The summed E-state index contributed by atoms with van der Waals surface area (Å²) in [5.41, 5.74) is -1.09. The molecule has 6 heteroatoms. The van der Waals surface area contributed by atoms with Gasteiger partial charge >= 0.3 is 12.1 Å². The van der Waals surface area contributed by atoms with Gasteiger partial charge < -0.3 is 10.4 Å². The Bertz CT molecular complexity index is 223. The first-order valence-corrected chi connectivity index (χ1v) is 4.41. The Morgan fingerprint density at radius 3 is 2.29 bits per heavy atom. The fourth-order valence-electron chi connectivity index (χ4n) is 1.44. The predicted molar refractivity (Wildman–Crippen MR) is 42.9 cm³/mol. The third-order valence-electron chi connectivity index (χ3n) is 2.49. The molecule has 0 aromatic heterocycles.